The Labute approximate surface area is 212 Å². The van der Waals surface area contributed by atoms with Crippen LogP contribution in [0, 0.1) is 5.82 Å². The molecule has 8 heteroatoms. The van der Waals surface area contributed by atoms with E-state index in [-0.39, 0.29) is 41.8 Å². The summed E-state index contributed by atoms with van der Waals surface area (Å²) in [6.07, 6.45) is 2.37. The molecule has 2 atom stereocenters. The van der Waals surface area contributed by atoms with Gasteiger partial charge in [-0.3, -0.25) is 9.79 Å². The van der Waals surface area contributed by atoms with Crippen molar-refractivity contribution < 1.29 is 13.9 Å². The van der Waals surface area contributed by atoms with Gasteiger partial charge in [0.05, 0.1) is 6.10 Å². The monoisotopic (exact) mass is 566 g/mol. The molecule has 0 bridgehead atoms. The first kappa shape index (κ1) is 25.4. The fourth-order valence-corrected chi connectivity index (χ4v) is 4.69. The van der Waals surface area contributed by atoms with Gasteiger partial charge in [-0.1, -0.05) is 30.3 Å². The van der Waals surface area contributed by atoms with Gasteiger partial charge in [-0.05, 0) is 42.2 Å². The van der Waals surface area contributed by atoms with Crippen molar-refractivity contribution in [3.05, 3.63) is 65.5 Å². The first-order chi connectivity index (χ1) is 15.6. The fraction of sp³-hybridized carbons (Fsp3) is 0.440. The van der Waals surface area contributed by atoms with Crippen molar-refractivity contribution in [1.29, 1.82) is 0 Å². The summed E-state index contributed by atoms with van der Waals surface area (Å²) in [7, 11) is 3.43. The first-order valence-corrected chi connectivity index (χ1v) is 11.2. The molecule has 0 radical (unpaired) electrons. The second kappa shape index (κ2) is 11.8. The summed E-state index contributed by atoms with van der Waals surface area (Å²) in [6.45, 7) is 3.01. The van der Waals surface area contributed by atoms with E-state index in [1.54, 1.807) is 26.3 Å². The van der Waals surface area contributed by atoms with Gasteiger partial charge in [-0.25, -0.2) is 4.39 Å². The number of likely N-dealkylation sites (tertiary alicyclic amines) is 1. The molecular weight excluding hydrogens is 534 g/mol. The highest BCUT2D eigenvalue weighted by molar-refractivity contribution is 14.0. The smallest absolute Gasteiger partial charge is 0.222 e. The van der Waals surface area contributed by atoms with Gasteiger partial charge in [-0.2, -0.15) is 0 Å². The van der Waals surface area contributed by atoms with Crippen molar-refractivity contribution >= 4 is 41.5 Å². The molecule has 1 saturated heterocycles. The molecule has 0 aliphatic carbocycles. The third-order valence-electron chi connectivity index (χ3n) is 6.43. The van der Waals surface area contributed by atoms with Gasteiger partial charge in [0, 0.05) is 58.4 Å². The molecule has 2 aliphatic rings. The average molecular weight is 566 g/mol. The van der Waals surface area contributed by atoms with Crippen LogP contribution >= 0.6 is 24.0 Å². The number of anilines is 1. The van der Waals surface area contributed by atoms with Gasteiger partial charge in [-0.15, -0.1) is 24.0 Å². The highest BCUT2D eigenvalue weighted by Crippen LogP contribution is 2.38. The minimum absolute atomic E-state index is 0. The van der Waals surface area contributed by atoms with Crippen LogP contribution in [0.25, 0.3) is 0 Å². The lowest BCUT2D eigenvalue weighted by molar-refractivity contribution is -0.127. The van der Waals surface area contributed by atoms with Crippen molar-refractivity contribution in [3.8, 4) is 0 Å². The first-order valence-electron chi connectivity index (χ1n) is 11.2. The number of halogens is 2. The molecular formula is C25H32FIN4O2. The second-order valence-electron chi connectivity index (χ2n) is 8.34. The van der Waals surface area contributed by atoms with Crippen LogP contribution < -0.4 is 10.2 Å². The molecule has 178 valence electrons. The Bertz CT molecular complexity index is 969. The number of para-hydroxylation sites is 1. The summed E-state index contributed by atoms with van der Waals surface area (Å²) >= 11 is 0. The van der Waals surface area contributed by atoms with Crippen molar-refractivity contribution in [3.63, 3.8) is 0 Å². The van der Waals surface area contributed by atoms with E-state index < -0.39 is 0 Å². The lowest BCUT2D eigenvalue weighted by atomic mass is 9.98. The summed E-state index contributed by atoms with van der Waals surface area (Å²) in [5.74, 6) is 1.13. The van der Waals surface area contributed by atoms with Crippen LogP contribution in [0.5, 0.6) is 0 Å². The van der Waals surface area contributed by atoms with Gasteiger partial charge < -0.3 is 19.9 Å². The molecule has 2 aromatic rings. The number of methoxy groups -OCH3 is 1. The van der Waals surface area contributed by atoms with E-state index in [9.17, 15) is 9.18 Å². The third-order valence-corrected chi connectivity index (χ3v) is 6.43. The van der Waals surface area contributed by atoms with Crippen LogP contribution in [0.4, 0.5) is 10.1 Å². The number of hydrogen-bond acceptors (Lipinski definition) is 3. The maximum absolute atomic E-state index is 13.3. The number of fused-ring (bicyclic) bond motifs is 1. The van der Waals surface area contributed by atoms with Crippen LogP contribution in [-0.2, 0) is 9.53 Å². The Morgan fingerprint density at radius 2 is 2.00 bits per heavy atom. The van der Waals surface area contributed by atoms with Crippen molar-refractivity contribution in [2.24, 2.45) is 4.99 Å². The number of rotatable bonds is 7. The quantitative estimate of drug-likeness (QED) is 0.308. The number of guanidine groups is 1. The molecule has 1 N–H and O–H groups in total. The maximum Gasteiger partial charge on any atom is 0.222 e. The Balaban J connectivity index is 0.00000306. The van der Waals surface area contributed by atoms with E-state index >= 15 is 0 Å². The molecule has 0 aromatic heterocycles. The predicted octanol–water partition coefficient (Wildman–Crippen LogP) is 4.32. The van der Waals surface area contributed by atoms with Crippen molar-refractivity contribution in [2.45, 2.75) is 31.3 Å². The lowest BCUT2D eigenvalue weighted by Gasteiger charge is -2.25. The number of aliphatic imine (C=N–C) groups is 1. The van der Waals surface area contributed by atoms with Crippen LogP contribution in [0.3, 0.4) is 0 Å². The third kappa shape index (κ3) is 5.84. The normalized spacial score (nSPS) is 18.8. The van der Waals surface area contributed by atoms with Gasteiger partial charge in [0.2, 0.25) is 5.91 Å². The maximum atomic E-state index is 13.3. The standard InChI is InChI=1S/C25H31FN4O2.HI/c1-27-25(28-16-23(32-2)18-9-11-20(26)12-10-18)30-17-19(21-6-3-4-7-22(21)30)13-15-29-14-5-8-24(29)31;/h3-4,6-7,9-12,19,23H,5,8,13-17H2,1-2H3,(H,27,28);1H. The number of hydrogen-bond donors (Lipinski definition) is 1. The van der Waals surface area contributed by atoms with Gasteiger partial charge in [0.15, 0.2) is 5.96 Å². The zero-order valence-electron chi connectivity index (χ0n) is 19.2. The zero-order chi connectivity index (χ0) is 22.5. The highest BCUT2D eigenvalue weighted by atomic mass is 127. The van der Waals surface area contributed by atoms with Gasteiger partial charge in [0.25, 0.3) is 0 Å². The summed E-state index contributed by atoms with van der Waals surface area (Å²) in [6, 6.07) is 14.8. The topological polar surface area (TPSA) is 57.2 Å². The zero-order valence-corrected chi connectivity index (χ0v) is 21.5. The highest BCUT2D eigenvalue weighted by Gasteiger charge is 2.32. The van der Waals surface area contributed by atoms with Crippen molar-refractivity contribution in [2.75, 3.05) is 45.2 Å². The molecule has 2 aromatic carbocycles. The molecule has 4 rings (SSSR count). The van der Waals surface area contributed by atoms with Crippen LogP contribution in [-0.4, -0.2) is 57.1 Å². The summed E-state index contributed by atoms with van der Waals surface area (Å²) < 4.78 is 18.9. The van der Waals surface area contributed by atoms with Gasteiger partial charge >= 0.3 is 0 Å². The molecule has 0 saturated carbocycles. The van der Waals surface area contributed by atoms with E-state index in [2.05, 4.69) is 33.4 Å². The Morgan fingerprint density at radius 1 is 1.24 bits per heavy atom. The summed E-state index contributed by atoms with van der Waals surface area (Å²) in [5.41, 5.74) is 3.35. The molecule has 1 fully saturated rings. The number of carbonyl (C=O) groups excluding carboxylic acids is 1. The van der Waals surface area contributed by atoms with Crippen LogP contribution in [0.15, 0.2) is 53.5 Å². The molecule has 6 nitrogen and oxygen atoms in total. The van der Waals surface area contributed by atoms with E-state index in [1.807, 2.05) is 11.0 Å². The van der Waals surface area contributed by atoms with E-state index in [4.69, 9.17) is 4.74 Å². The average Bonchev–Trinajstić information content (AvgIpc) is 3.39. The Kier molecular flexibility index (Phi) is 9.08. The van der Waals surface area contributed by atoms with E-state index in [0.29, 0.717) is 18.9 Å². The Hall–Kier alpha value is -2.20. The molecule has 2 aliphatic heterocycles. The van der Waals surface area contributed by atoms with Crippen LogP contribution in [0.2, 0.25) is 0 Å². The van der Waals surface area contributed by atoms with E-state index in [0.717, 1.165) is 49.7 Å². The number of nitrogens with zero attached hydrogens (tertiary/aromatic N) is 3. The number of nitrogens with one attached hydrogen (secondary N) is 1. The SMILES string of the molecule is CN=C(NCC(OC)c1ccc(F)cc1)N1CC(CCN2CCCC2=O)c2ccccc21.I. The molecule has 2 heterocycles. The van der Waals surface area contributed by atoms with Crippen LogP contribution in [0.1, 0.15) is 42.4 Å². The fourth-order valence-electron chi connectivity index (χ4n) is 4.69. The number of benzene rings is 2. The summed E-state index contributed by atoms with van der Waals surface area (Å²) in [5, 5.41) is 3.43. The molecule has 0 spiro atoms. The number of carbonyl (C=O) groups is 1. The minimum atomic E-state index is -0.261. The predicted molar refractivity (Wildman–Crippen MR) is 140 cm³/mol. The van der Waals surface area contributed by atoms with E-state index in [1.165, 1.54) is 17.7 Å². The number of ether oxygens (including phenoxy) is 1. The lowest BCUT2D eigenvalue weighted by Crippen LogP contribution is -2.43. The summed E-state index contributed by atoms with van der Waals surface area (Å²) in [4.78, 5) is 20.7. The molecule has 2 unspecified atom stereocenters. The number of amides is 1. The second-order valence-corrected chi connectivity index (χ2v) is 8.34. The Morgan fingerprint density at radius 3 is 2.67 bits per heavy atom. The molecule has 1 amide bonds. The van der Waals surface area contributed by atoms with Crippen molar-refractivity contribution in [1.82, 2.24) is 10.2 Å². The minimum Gasteiger partial charge on any atom is -0.375 e. The largest absolute Gasteiger partial charge is 0.375 e. The molecule has 33 heavy (non-hydrogen) atoms. The van der Waals surface area contributed by atoms with Gasteiger partial charge in [0.1, 0.15) is 5.82 Å².